The van der Waals surface area contributed by atoms with Crippen LogP contribution in [0.1, 0.15) is 12.0 Å². The van der Waals surface area contributed by atoms with Gasteiger partial charge in [0.2, 0.25) is 5.91 Å². The standard InChI is InChI=1S/C22H22N2O4/c1-26-20-12-16(13-21(15-20)27-2)6-7-22(25)24-17-4-3-5-19(14-17)28-18-8-10-23-11-9-18/h3-5,8-15H,6-7H2,1-2H3,(H,24,25). The summed E-state index contributed by atoms with van der Waals surface area (Å²) in [6.45, 7) is 0. The average Bonchev–Trinajstić information content (AvgIpc) is 2.73. The highest BCUT2D eigenvalue weighted by molar-refractivity contribution is 5.91. The van der Waals surface area contributed by atoms with Crippen molar-refractivity contribution in [2.45, 2.75) is 12.8 Å². The van der Waals surface area contributed by atoms with E-state index >= 15 is 0 Å². The number of methoxy groups -OCH3 is 2. The van der Waals surface area contributed by atoms with E-state index in [1.807, 2.05) is 30.3 Å². The molecule has 1 heterocycles. The molecule has 0 bridgehead atoms. The first-order valence-electron chi connectivity index (χ1n) is 8.86. The van der Waals surface area contributed by atoms with Crippen molar-refractivity contribution in [1.29, 1.82) is 0 Å². The summed E-state index contributed by atoms with van der Waals surface area (Å²) in [5, 5.41) is 2.90. The molecule has 0 fully saturated rings. The molecule has 0 aliphatic carbocycles. The summed E-state index contributed by atoms with van der Waals surface area (Å²) in [6.07, 6.45) is 4.24. The van der Waals surface area contributed by atoms with Crippen LogP contribution in [-0.2, 0) is 11.2 Å². The van der Waals surface area contributed by atoms with E-state index in [0.29, 0.717) is 41.5 Å². The Balaban J connectivity index is 1.58. The largest absolute Gasteiger partial charge is 0.497 e. The third-order valence-electron chi connectivity index (χ3n) is 4.06. The number of benzene rings is 2. The van der Waals surface area contributed by atoms with Gasteiger partial charge < -0.3 is 19.5 Å². The Morgan fingerprint density at radius 3 is 2.29 bits per heavy atom. The van der Waals surface area contributed by atoms with Crippen molar-refractivity contribution in [2.24, 2.45) is 0 Å². The predicted molar refractivity (Wildman–Crippen MR) is 107 cm³/mol. The van der Waals surface area contributed by atoms with Crippen LogP contribution >= 0.6 is 0 Å². The van der Waals surface area contributed by atoms with Gasteiger partial charge in [0.05, 0.1) is 14.2 Å². The zero-order valence-corrected chi connectivity index (χ0v) is 15.8. The van der Waals surface area contributed by atoms with Crippen LogP contribution in [0.3, 0.4) is 0 Å². The molecule has 6 heteroatoms. The maximum Gasteiger partial charge on any atom is 0.224 e. The zero-order valence-electron chi connectivity index (χ0n) is 15.8. The number of rotatable bonds is 8. The monoisotopic (exact) mass is 378 g/mol. The molecule has 1 N–H and O–H groups in total. The first-order valence-corrected chi connectivity index (χ1v) is 8.86. The number of ether oxygens (including phenoxy) is 3. The molecule has 0 radical (unpaired) electrons. The van der Waals surface area contributed by atoms with Gasteiger partial charge in [0, 0.05) is 36.6 Å². The minimum absolute atomic E-state index is 0.0807. The molecular formula is C22H22N2O4. The molecule has 1 amide bonds. The fraction of sp³-hybridized carbons (Fsp3) is 0.182. The Morgan fingerprint density at radius 1 is 0.893 bits per heavy atom. The molecule has 3 rings (SSSR count). The molecule has 0 aliphatic heterocycles. The normalized spacial score (nSPS) is 10.2. The van der Waals surface area contributed by atoms with Crippen molar-refractivity contribution in [3.05, 3.63) is 72.6 Å². The number of carbonyl (C=O) groups is 1. The van der Waals surface area contributed by atoms with Gasteiger partial charge in [-0.1, -0.05) is 6.07 Å². The molecule has 0 spiro atoms. The number of hydrogen-bond acceptors (Lipinski definition) is 5. The van der Waals surface area contributed by atoms with Crippen molar-refractivity contribution >= 4 is 11.6 Å². The van der Waals surface area contributed by atoms with E-state index in [-0.39, 0.29) is 5.91 Å². The number of carbonyl (C=O) groups excluding carboxylic acids is 1. The molecule has 0 aliphatic rings. The molecule has 28 heavy (non-hydrogen) atoms. The van der Waals surface area contributed by atoms with Gasteiger partial charge in [0.1, 0.15) is 23.0 Å². The number of nitrogens with zero attached hydrogens (tertiary/aromatic N) is 1. The number of aryl methyl sites for hydroxylation is 1. The maximum absolute atomic E-state index is 12.3. The van der Waals surface area contributed by atoms with E-state index in [9.17, 15) is 4.79 Å². The maximum atomic E-state index is 12.3. The minimum atomic E-state index is -0.0807. The Hall–Kier alpha value is -3.54. The topological polar surface area (TPSA) is 69.7 Å². The summed E-state index contributed by atoms with van der Waals surface area (Å²) in [5.74, 6) is 2.65. The van der Waals surface area contributed by atoms with E-state index in [1.165, 1.54) is 0 Å². The van der Waals surface area contributed by atoms with E-state index < -0.39 is 0 Å². The first kappa shape index (κ1) is 19.2. The lowest BCUT2D eigenvalue weighted by molar-refractivity contribution is -0.116. The molecule has 0 saturated heterocycles. The van der Waals surface area contributed by atoms with Gasteiger partial charge in [-0.2, -0.15) is 0 Å². The van der Waals surface area contributed by atoms with Crippen molar-refractivity contribution in [2.75, 3.05) is 19.5 Å². The van der Waals surface area contributed by atoms with Gasteiger partial charge in [-0.3, -0.25) is 9.78 Å². The zero-order chi connectivity index (χ0) is 19.8. The number of amides is 1. The molecule has 3 aromatic rings. The van der Waals surface area contributed by atoms with Gasteiger partial charge in [-0.25, -0.2) is 0 Å². The highest BCUT2D eigenvalue weighted by atomic mass is 16.5. The Morgan fingerprint density at radius 2 is 1.61 bits per heavy atom. The summed E-state index contributed by atoms with van der Waals surface area (Å²) >= 11 is 0. The third kappa shape index (κ3) is 5.48. The lowest BCUT2D eigenvalue weighted by atomic mass is 10.1. The SMILES string of the molecule is COc1cc(CCC(=O)Nc2cccc(Oc3ccncc3)c2)cc(OC)c1. The highest BCUT2D eigenvalue weighted by Gasteiger charge is 2.07. The van der Waals surface area contributed by atoms with Crippen molar-refractivity contribution in [3.63, 3.8) is 0 Å². The fourth-order valence-corrected chi connectivity index (χ4v) is 2.67. The number of pyridine rings is 1. The van der Waals surface area contributed by atoms with E-state index in [2.05, 4.69) is 10.3 Å². The summed E-state index contributed by atoms with van der Waals surface area (Å²) in [4.78, 5) is 16.3. The molecule has 2 aromatic carbocycles. The van der Waals surface area contributed by atoms with Gasteiger partial charge in [-0.05, 0) is 48.4 Å². The van der Waals surface area contributed by atoms with Crippen molar-refractivity contribution < 1.29 is 19.0 Å². The molecule has 0 atom stereocenters. The summed E-state index contributed by atoms with van der Waals surface area (Å²) in [5.41, 5.74) is 1.65. The highest BCUT2D eigenvalue weighted by Crippen LogP contribution is 2.25. The van der Waals surface area contributed by atoms with Crippen molar-refractivity contribution in [1.82, 2.24) is 4.98 Å². The number of hydrogen-bond donors (Lipinski definition) is 1. The van der Waals surface area contributed by atoms with Crippen LogP contribution in [0.25, 0.3) is 0 Å². The van der Waals surface area contributed by atoms with Crippen LogP contribution in [-0.4, -0.2) is 25.1 Å². The predicted octanol–water partition coefficient (Wildman–Crippen LogP) is 4.46. The van der Waals surface area contributed by atoms with E-state index in [4.69, 9.17) is 14.2 Å². The van der Waals surface area contributed by atoms with Gasteiger partial charge in [-0.15, -0.1) is 0 Å². The van der Waals surface area contributed by atoms with Crippen molar-refractivity contribution in [3.8, 4) is 23.0 Å². The van der Waals surface area contributed by atoms with Gasteiger partial charge in [0.15, 0.2) is 0 Å². The van der Waals surface area contributed by atoms with Crippen LogP contribution in [0, 0.1) is 0 Å². The van der Waals surface area contributed by atoms with Crippen LogP contribution in [0.4, 0.5) is 5.69 Å². The molecule has 6 nitrogen and oxygen atoms in total. The third-order valence-corrected chi connectivity index (χ3v) is 4.06. The first-order chi connectivity index (χ1) is 13.7. The smallest absolute Gasteiger partial charge is 0.224 e. The minimum Gasteiger partial charge on any atom is -0.497 e. The fourth-order valence-electron chi connectivity index (χ4n) is 2.67. The van der Waals surface area contributed by atoms with Crippen LogP contribution < -0.4 is 19.5 Å². The second-order valence-electron chi connectivity index (χ2n) is 6.08. The lowest BCUT2D eigenvalue weighted by Gasteiger charge is -2.10. The van der Waals surface area contributed by atoms with E-state index in [1.54, 1.807) is 50.9 Å². The quantitative estimate of drug-likeness (QED) is 0.627. The Bertz CT molecular complexity index is 907. The number of nitrogens with one attached hydrogen (secondary N) is 1. The number of aromatic nitrogens is 1. The average molecular weight is 378 g/mol. The van der Waals surface area contributed by atoms with E-state index in [0.717, 1.165) is 5.56 Å². The van der Waals surface area contributed by atoms with Crippen LogP contribution in [0.15, 0.2) is 67.0 Å². The summed E-state index contributed by atoms with van der Waals surface area (Å²) in [6, 6.07) is 16.4. The van der Waals surface area contributed by atoms with Crippen LogP contribution in [0.5, 0.6) is 23.0 Å². The molecule has 144 valence electrons. The van der Waals surface area contributed by atoms with Gasteiger partial charge >= 0.3 is 0 Å². The Labute approximate surface area is 164 Å². The molecule has 0 unspecified atom stereocenters. The lowest BCUT2D eigenvalue weighted by Crippen LogP contribution is -2.12. The van der Waals surface area contributed by atoms with Gasteiger partial charge in [0.25, 0.3) is 0 Å². The second-order valence-corrected chi connectivity index (χ2v) is 6.08. The molecular weight excluding hydrogens is 356 g/mol. The molecule has 0 saturated carbocycles. The molecule has 1 aromatic heterocycles. The Kier molecular flexibility index (Phi) is 6.46. The summed E-state index contributed by atoms with van der Waals surface area (Å²) in [7, 11) is 3.21. The second kappa shape index (κ2) is 9.41. The number of anilines is 1. The summed E-state index contributed by atoms with van der Waals surface area (Å²) < 4.78 is 16.3. The van der Waals surface area contributed by atoms with Crippen LogP contribution in [0.2, 0.25) is 0 Å².